The van der Waals surface area contributed by atoms with E-state index >= 15 is 0 Å². The first-order valence-electron chi connectivity index (χ1n) is 25.1. The first-order chi connectivity index (χ1) is 35.6. The summed E-state index contributed by atoms with van der Waals surface area (Å²) in [7, 11) is -0.0748. The Kier molecular flexibility index (Phi) is 13.1. The normalized spacial score (nSPS) is 24.0. The lowest BCUT2D eigenvalue weighted by atomic mass is 10.0. The first kappa shape index (κ1) is 49.7. The second-order valence-corrected chi connectivity index (χ2v) is 24.4. The fourth-order valence-electron chi connectivity index (χ4n) is 11.6. The van der Waals surface area contributed by atoms with Gasteiger partial charge in [-0.15, -0.1) is 0 Å². The van der Waals surface area contributed by atoms with Crippen molar-refractivity contribution in [2.75, 3.05) is 22.9 Å². The number of nitrogens with one attached hydrogen (secondary N) is 1. The minimum Gasteiger partial charge on any atom is -0.476 e. The molecule has 6 aromatic rings. The molecule has 2 aromatic carbocycles. The number of hydrogen-bond acceptors (Lipinski definition) is 14. The number of ether oxygens (including phenoxy) is 2. The number of carboxylic acid groups (broad SMARTS) is 1. The predicted molar refractivity (Wildman–Crippen MR) is 276 cm³/mol. The molecule has 4 bridgehead atoms. The molecule has 7 aliphatic rings. The summed E-state index contributed by atoms with van der Waals surface area (Å²) in [6.07, 6.45) is 9.36. The highest BCUT2D eigenvalue weighted by Crippen LogP contribution is 2.50. The number of amides is 1. The summed E-state index contributed by atoms with van der Waals surface area (Å²) >= 11 is 25.9. The lowest BCUT2D eigenvalue weighted by Gasteiger charge is -2.32. The van der Waals surface area contributed by atoms with Crippen molar-refractivity contribution in [3.8, 4) is 22.5 Å². The van der Waals surface area contributed by atoms with Gasteiger partial charge in [0.05, 0.1) is 50.8 Å². The van der Waals surface area contributed by atoms with Crippen LogP contribution in [-0.4, -0.2) is 97.9 Å². The zero-order valence-electron chi connectivity index (χ0n) is 40.4. The molecule has 23 heteroatoms. The van der Waals surface area contributed by atoms with Gasteiger partial charge in [0, 0.05) is 97.3 Å². The number of fused-ring (bicyclic) bond motifs is 4. The Morgan fingerprint density at radius 3 is 1.49 bits per heavy atom. The highest BCUT2D eigenvalue weighted by molar-refractivity contribution is 7.91. The number of carboxylic acids is 1. The molecule has 0 radical (unpaired) electrons. The van der Waals surface area contributed by atoms with E-state index in [1.165, 1.54) is 0 Å². The van der Waals surface area contributed by atoms with Crippen LogP contribution in [0.1, 0.15) is 120 Å². The van der Waals surface area contributed by atoms with Gasteiger partial charge in [0.1, 0.15) is 34.5 Å². The fraction of sp³-hybridized carbons (Fsp3) is 0.490. The molecule has 4 aromatic heterocycles. The molecule has 1 amide bonds. The molecule has 7 fully saturated rings. The van der Waals surface area contributed by atoms with Crippen LogP contribution in [0, 0.1) is 11.8 Å². The maximum Gasteiger partial charge on any atom is 0.356 e. The average molecular weight is 1110 g/mol. The van der Waals surface area contributed by atoms with Gasteiger partial charge in [-0.25, -0.2) is 17.9 Å². The SMILES string of the molecule is Cn1nc(C(=O)NS(=O)(=O)C2CC2)cc1N1C[C@@H]2C[C@H]1C[C@H]2OCc1c(-c2c(Cl)cccc2Cl)noc1C1CC1.Cn1nc(C(=O)O)cc1N1C[C@@H]2C[C@H]1C[C@H]2OCc1c(-c2c(Cl)cccc2Cl)noc1C1CC1. The molecule has 13 rings (SSSR count). The Hall–Kier alpha value is -5.15. The minimum absolute atomic E-state index is 0.0671. The molecule has 5 aliphatic carbocycles. The fourth-order valence-corrected chi connectivity index (χ4v) is 14.0. The summed E-state index contributed by atoms with van der Waals surface area (Å²) in [4.78, 5) is 28.4. The van der Waals surface area contributed by atoms with Gasteiger partial charge in [-0.05, 0) is 88.5 Å². The zero-order valence-corrected chi connectivity index (χ0v) is 44.3. The molecule has 0 unspecified atom stereocenters. The first-order valence-corrected chi connectivity index (χ1v) is 28.1. The van der Waals surface area contributed by atoms with E-state index in [1.54, 1.807) is 65.9 Å². The summed E-state index contributed by atoms with van der Waals surface area (Å²) in [5.74, 6) is 3.09. The van der Waals surface area contributed by atoms with E-state index in [9.17, 15) is 23.1 Å². The molecular formula is C51H53Cl4N9O9S. The van der Waals surface area contributed by atoms with Crippen molar-refractivity contribution in [1.82, 2.24) is 34.6 Å². The Morgan fingerprint density at radius 1 is 0.676 bits per heavy atom. The molecule has 6 heterocycles. The number of rotatable bonds is 16. The van der Waals surface area contributed by atoms with Crippen molar-refractivity contribution >= 4 is 79.9 Å². The third-order valence-electron chi connectivity index (χ3n) is 15.7. The largest absolute Gasteiger partial charge is 0.476 e. The van der Waals surface area contributed by atoms with Crippen molar-refractivity contribution < 1.29 is 41.6 Å². The van der Waals surface area contributed by atoms with E-state index in [0.29, 0.717) is 98.4 Å². The third-order valence-corrected chi connectivity index (χ3v) is 18.8. The van der Waals surface area contributed by atoms with Crippen LogP contribution in [0.3, 0.4) is 0 Å². The summed E-state index contributed by atoms with van der Waals surface area (Å²) in [5.41, 5.74) is 4.69. The number of aromatic carboxylic acids is 1. The van der Waals surface area contributed by atoms with Gasteiger partial charge in [-0.2, -0.15) is 10.2 Å². The molecule has 6 atom stereocenters. The van der Waals surface area contributed by atoms with Crippen molar-refractivity contribution in [3.63, 3.8) is 0 Å². The summed E-state index contributed by atoms with van der Waals surface area (Å²) in [6, 6.07) is 14.7. The quantitative estimate of drug-likeness (QED) is 0.0923. The number of nitrogens with zero attached hydrogens (tertiary/aromatic N) is 8. The standard InChI is InChI=1S/C27H29Cl2N5O5S.C24H24Cl2N4O4/c1-33-23(11-21(30-33)27(35)32-40(36,37)17-7-8-17)34-12-15-9-16(34)10-22(15)38-13-18-25(31-39-26(18)14-5-6-14)24-19(28)3-2-4-20(24)29;1-29-20(9-18(27-29)24(31)32)30-10-13-7-14(30)8-19(13)33-11-15-22(28-34-23(15)12-5-6-12)21-16(25)3-2-4-17(21)26/h2-4,11,14-17,22H,5-10,12-13H2,1H3,(H,32,35);2-4,9,12-14,19H,5-8,10-11H2,1H3,(H,31,32)/t15-,16-,22+;13-,14-,19+/m00/s1. The number of carbonyl (C=O) groups excluding carboxylic acids is 1. The Labute approximate surface area is 446 Å². The molecule has 2 N–H and O–H groups in total. The Morgan fingerprint density at radius 2 is 1.11 bits per heavy atom. The van der Waals surface area contributed by atoms with E-state index in [-0.39, 0.29) is 29.6 Å². The van der Waals surface area contributed by atoms with E-state index in [4.69, 9.17) is 64.9 Å². The summed E-state index contributed by atoms with van der Waals surface area (Å²) in [6.45, 7) is 2.34. The number of carbonyl (C=O) groups is 2. The van der Waals surface area contributed by atoms with Gasteiger partial charge in [0.2, 0.25) is 10.0 Å². The topological polar surface area (TPSA) is 213 Å². The second-order valence-electron chi connectivity index (χ2n) is 20.8. The third kappa shape index (κ3) is 9.48. The van der Waals surface area contributed by atoms with Gasteiger partial charge in [0.25, 0.3) is 5.91 Å². The maximum atomic E-state index is 12.6. The average Bonchev–Trinajstić information content (AvgIpc) is 4.27. The lowest BCUT2D eigenvalue weighted by molar-refractivity contribution is 0.0120. The molecular weight excluding hydrogens is 1060 g/mol. The van der Waals surface area contributed by atoms with Crippen molar-refractivity contribution in [2.24, 2.45) is 25.9 Å². The van der Waals surface area contributed by atoms with Crippen LogP contribution in [0.4, 0.5) is 11.6 Å². The van der Waals surface area contributed by atoms with Gasteiger partial charge in [-0.3, -0.25) is 14.2 Å². The molecule has 390 valence electrons. The monoisotopic (exact) mass is 1110 g/mol. The molecule has 18 nitrogen and oxygen atoms in total. The van der Waals surface area contributed by atoms with Gasteiger partial charge < -0.3 is 33.4 Å². The van der Waals surface area contributed by atoms with Crippen LogP contribution in [-0.2, 0) is 46.8 Å². The van der Waals surface area contributed by atoms with Gasteiger partial charge >= 0.3 is 5.97 Å². The highest BCUT2D eigenvalue weighted by Gasteiger charge is 2.48. The number of aromatic nitrogens is 6. The van der Waals surface area contributed by atoms with Crippen LogP contribution >= 0.6 is 46.4 Å². The van der Waals surface area contributed by atoms with E-state index in [2.05, 4.69) is 35.0 Å². The van der Waals surface area contributed by atoms with Crippen LogP contribution in [0.5, 0.6) is 0 Å². The van der Waals surface area contributed by atoms with Crippen LogP contribution in [0.2, 0.25) is 20.1 Å². The molecule has 5 saturated carbocycles. The highest BCUT2D eigenvalue weighted by atomic mass is 35.5. The smallest absolute Gasteiger partial charge is 0.356 e. The lowest BCUT2D eigenvalue weighted by Crippen LogP contribution is -2.39. The van der Waals surface area contributed by atoms with Crippen molar-refractivity contribution in [2.45, 2.75) is 119 Å². The number of piperidine rings is 2. The van der Waals surface area contributed by atoms with Crippen molar-refractivity contribution in [3.05, 3.63) is 103 Å². The Bertz CT molecular complexity index is 3250. The van der Waals surface area contributed by atoms with Crippen LogP contribution in [0.25, 0.3) is 22.5 Å². The molecule has 74 heavy (non-hydrogen) atoms. The summed E-state index contributed by atoms with van der Waals surface area (Å²) < 4.78 is 54.4. The zero-order chi connectivity index (χ0) is 51.3. The number of halogens is 4. The number of aryl methyl sites for hydroxylation is 2. The second kappa shape index (κ2) is 19.5. The maximum absolute atomic E-state index is 12.6. The Balaban J connectivity index is 0.000000152. The number of benzene rings is 2. The molecule has 2 aliphatic heterocycles. The van der Waals surface area contributed by atoms with E-state index < -0.39 is 27.1 Å². The number of sulfonamides is 1. The van der Waals surface area contributed by atoms with E-state index in [0.717, 1.165) is 98.7 Å². The van der Waals surface area contributed by atoms with E-state index in [1.807, 2.05) is 6.07 Å². The predicted octanol–water partition coefficient (Wildman–Crippen LogP) is 9.81. The molecule has 0 spiro atoms. The van der Waals surface area contributed by atoms with Gasteiger partial charge in [-0.1, -0.05) is 68.8 Å². The van der Waals surface area contributed by atoms with Gasteiger partial charge in [0.15, 0.2) is 11.4 Å². The van der Waals surface area contributed by atoms with Crippen LogP contribution < -0.4 is 14.5 Å². The van der Waals surface area contributed by atoms with Crippen molar-refractivity contribution in [1.29, 1.82) is 0 Å². The number of anilines is 2. The van der Waals surface area contributed by atoms with Crippen LogP contribution in [0.15, 0.2) is 57.6 Å². The minimum atomic E-state index is -3.63. The molecule has 2 saturated heterocycles. The summed E-state index contributed by atoms with van der Waals surface area (Å²) in [5, 5.41) is 28.0. The number of hydrogen-bond donors (Lipinski definition) is 2.